The highest BCUT2D eigenvalue weighted by Gasteiger charge is 2.34. The molecule has 1 fully saturated rings. The smallest absolute Gasteiger partial charge is 0.308 e. The summed E-state index contributed by atoms with van der Waals surface area (Å²) in [5.41, 5.74) is 0. The molecule has 0 spiro atoms. The van der Waals surface area contributed by atoms with Crippen LogP contribution in [0.25, 0.3) is 0 Å². The fraction of sp³-hybridized carbons (Fsp3) is 0.500. The zero-order valence-electron chi connectivity index (χ0n) is 13.0. The third kappa shape index (κ3) is 4.52. The van der Waals surface area contributed by atoms with E-state index < -0.39 is 18.0 Å². The number of aliphatic carboxylic acids is 1. The van der Waals surface area contributed by atoms with E-state index in [0.717, 1.165) is 0 Å². The standard InChI is InChI=1S/C16H19Cl2NO4/c1-9-5-11(16(21)22)8-19(7-9)15(20)10(2)23-14-4-3-12(17)6-13(14)18/h3-4,6,9-11H,5,7-8H2,1-2H3,(H,21,22). The predicted molar refractivity (Wildman–Crippen MR) is 88.0 cm³/mol. The van der Waals surface area contributed by atoms with Crippen molar-refractivity contribution in [1.82, 2.24) is 4.90 Å². The summed E-state index contributed by atoms with van der Waals surface area (Å²) in [5, 5.41) is 10.0. The molecule has 3 atom stereocenters. The van der Waals surface area contributed by atoms with E-state index in [-0.39, 0.29) is 18.4 Å². The van der Waals surface area contributed by atoms with Crippen molar-refractivity contribution < 1.29 is 19.4 Å². The first-order valence-electron chi connectivity index (χ1n) is 7.41. The van der Waals surface area contributed by atoms with Crippen LogP contribution in [0.5, 0.6) is 5.75 Å². The molecule has 2 rings (SSSR count). The predicted octanol–water partition coefficient (Wildman–Crippen LogP) is 3.33. The molecule has 1 aromatic rings. The van der Waals surface area contributed by atoms with Gasteiger partial charge in [-0.3, -0.25) is 9.59 Å². The van der Waals surface area contributed by atoms with Gasteiger partial charge in [0.05, 0.1) is 10.9 Å². The molecule has 1 saturated heterocycles. The second-order valence-corrected chi connectivity index (χ2v) is 6.80. The Labute approximate surface area is 145 Å². The maximum atomic E-state index is 12.5. The minimum Gasteiger partial charge on any atom is -0.481 e. The summed E-state index contributed by atoms with van der Waals surface area (Å²) in [7, 11) is 0. The summed E-state index contributed by atoms with van der Waals surface area (Å²) >= 11 is 11.9. The summed E-state index contributed by atoms with van der Waals surface area (Å²) in [5.74, 6) is -1.14. The quantitative estimate of drug-likeness (QED) is 0.895. The van der Waals surface area contributed by atoms with E-state index in [0.29, 0.717) is 28.8 Å². The largest absolute Gasteiger partial charge is 0.481 e. The number of amides is 1. The highest BCUT2D eigenvalue weighted by atomic mass is 35.5. The molecular formula is C16H19Cl2NO4. The van der Waals surface area contributed by atoms with Gasteiger partial charge >= 0.3 is 5.97 Å². The van der Waals surface area contributed by atoms with Crippen LogP contribution < -0.4 is 4.74 Å². The van der Waals surface area contributed by atoms with Gasteiger partial charge in [-0.25, -0.2) is 0 Å². The van der Waals surface area contributed by atoms with Crippen LogP contribution in [-0.2, 0) is 9.59 Å². The Hall–Kier alpha value is -1.46. The number of carbonyl (C=O) groups is 2. The second kappa shape index (κ2) is 7.41. The van der Waals surface area contributed by atoms with Crippen LogP contribution in [0.15, 0.2) is 18.2 Å². The molecule has 0 aromatic heterocycles. The number of hydrogen-bond donors (Lipinski definition) is 1. The third-order valence-corrected chi connectivity index (χ3v) is 4.40. The molecule has 126 valence electrons. The number of benzene rings is 1. The Morgan fingerprint density at radius 2 is 2.04 bits per heavy atom. The summed E-state index contributed by atoms with van der Waals surface area (Å²) in [6.07, 6.45) is -0.175. The number of likely N-dealkylation sites (tertiary alicyclic amines) is 1. The number of halogens is 2. The van der Waals surface area contributed by atoms with Gasteiger partial charge in [0.1, 0.15) is 5.75 Å². The van der Waals surface area contributed by atoms with Crippen LogP contribution in [0.4, 0.5) is 0 Å². The van der Waals surface area contributed by atoms with Gasteiger partial charge in [-0.05, 0) is 37.5 Å². The number of piperidine rings is 1. The Morgan fingerprint density at radius 3 is 2.65 bits per heavy atom. The fourth-order valence-electron chi connectivity index (χ4n) is 2.78. The first-order valence-corrected chi connectivity index (χ1v) is 8.16. The number of carbonyl (C=O) groups excluding carboxylic acids is 1. The summed E-state index contributed by atoms with van der Waals surface area (Å²) < 4.78 is 5.62. The number of nitrogens with zero attached hydrogens (tertiary/aromatic N) is 1. The van der Waals surface area contributed by atoms with Crippen molar-refractivity contribution in [3.05, 3.63) is 28.2 Å². The van der Waals surface area contributed by atoms with Gasteiger partial charge < -0.3 is 14.7 Å². The highest BCUT2D eigenvalue weighted by molar-refractivity contribution is 6.35. The van der Waals surface area contributed by atoms with Gasteiger partial charge in [0.2, 0.25) is 0 Å². The molecular weight excluding hydrogens is 341 g/mol. The van der Waals surface area contributed by atoms with E-state index in [1.165, 1.54) is 0 Å². The monoisotopic (exact) mass is 359 g/mol. The summed E-state index contributed by atoms with van der Waals surface area (Å²) in [6, 6.07) is 4.77. The maximum absolute atomic E-state index is 12.5. The first kappa shape index (κ1) is 17.9. The zero-order chi connectivity index (χ0) is 17.1. The van der Waals surface area contributed by atoms with Crippen LogP contribution >= 0.6 is 23.2 Å². The number of ether oxygens (including phenoxy) is 1. The van der Waals surface area contributed by atoms with Crippen LogP contribution in [-0.4, -0.2) is 41.1 Å². The molecule has 0 saturated carbocycles. The van der Waals surface area contributed by atoms with E-state index in [1.54, 1.807) is 30.0 Å². The lowest BCUT2D eigenvalue weighted by molar-refractivity contribution is -0.149. The Balaban J connectivity index is 2.05. The van der Waals surface area contributed by atoms with Crippen molar-refractivity contribution in [2.75, 3.05) is 13.1 Å². The molecule has 1 heterocycles. The lowest BCUT2D eigenvalue weighted by Crippen LogP contribution is -2.49. The molecule has 1 aromatic carbocycles. The van der Waals surface area contributed by atoms with Crippen molar-refractivity contribution in [2.24, 2.45) is 11.8 Å². The first-order chi connectivity index (χ1) is 10.8. The molecule has 1 amide bonds. The SMILES string of the molecule is CC1CC(C(=O)O)CN(C(=O)C(C)Oc2ccc(Cl)cc2Cl)C1. The molecule has 1 N–H and O–H groups in total. The van der Waals surface area contributed by atoms with Gasteiger partial charge in [0.25, 0.3) is 5.91 Å². The van der Waals surface area contributed by atoms with E-state index in [2.05, 4.69) is 0 Å². The maximum Gasteiger partial charge on any atom is 0.308 e. The Morgan fingerprint density at radius 1 is 1.35 bits per heavy atom. The minimum atomic E-state index is -0.872. The number of carboxylic acids is 1. The highest BCUT2D eigenvalue weighted by Crippen LogP contribution is 2.29. The van der Waals surface area contributed by atoms with Crippen molar-refractivity contribution in [3.8, 4) is 5.75 Å². The molecule has 3 unspecified atom stereocenters. The second-order valence-electron chi connectivity index (χ2n) is 5.95. The lowest BCUT2D eigenvalue weighted by atomic mass is 9.90. The van der Waals surface area contributed by atoms with Gasteiger partial charge in [-0.2, -0.15) is 0 Å². The van der Waals surface area contributed by atoms with Gasteiger partial charge in [-0.15, -0.1) is 0 Å². The minimum absolute atomic E-state index is 0.139. The van der Waals surface area contributed by atoms with Crippen molar-refractivity contribution in [2.45, 2.75) is 26.4 Å². The molecule has 7 heteroatoms. The van der Waals surface area contributed by atoms with Crippen LogP contribution in [0.1, 0.15) is 20.3 Å². The van der Waals surface area contributed by atoms with Crippen molar-refractivity contribution in [3.63, 3.8) is 0 Å². The Bertz CT molecular complexity index is 608. The number of carboxylic acid groups (broad SMARTS) is 1. The molecule has 23 heavy (non-hydrogen) atoms. The van der Waals surface area contributed by atoms with E-state index >= 15 is 0 Å². The van der Waals surface area contributed by atoms with E-state index in [9.17, 15) is 14.7 Å². The normalized spacial score (nSPS) is 22.5. The fourth-order valence-corrected chi connectivity index (χ4v) is 3.23. The lowest BCUT2D eigenvalue weighted by Gasteiger charge is -2.36. The average Bonchev–Trinajstić information content (AvgIpc) is 2.48. The molecule has 5 nitrogen and oxygen atoms in total. The Kier molecular flexibility index (Phi) is 5.76. The topological polar surface area (TPSA) is 66.8 Å². The van der Waals surface area contributed by atoms with Gasteiger partial charge in [0, 0.05) is 18.1 Å². The average molecular weight is 360 g/mol. The molecule has 1 aliphatic heterocycles. The number of hydrogen-bond acceptors (Lipinski definition) is 3. The van der Waals surface area contributed by atoms with Crippen molar-refractivity contribution in [1.29, 1.82) is 0 Å². The molecule has 0 bridgehead atoms. The summed E-state index contributed by atoms with van der Waals surface area (Å²) in [6.45, 7) is 4.31. The van der Waals surface area contributed by atoms with E-state index in [1.807, 2.05) is 6.92 Å². The van der Waals surface area contributed by atoms with Gasteiger partial charge in [-0.1, -0.05) is 30.1 Å². The van der Waals surface area contributed by atoms with Gasteiger partial charge in [0.15, 0.2) is 6.10 Å². The van der Waals surface area contributed by atoms with Crippen LogP contribution in [0, 0.1) is 11.8 Å². The van der Waals surface area contributed by atoms with E-state index in [4.69, 9.17) is 27.9 Å². The summed E-state index contributed by atoms with van der Waals surface area (Å²) in [4.78, 5) is 25.3. The molecule has 0 aliphatic carbocycles. The molecule has 1 aliphatic rings. The van der Waals surface area contributed by atoms with Crippen molar-refractivity contribution >= 4 is 35.1 Å². The number of rotatable bonds is 4. The van der Waals surface area contributed by atoms with Crippen LogP contribution in [0.2, 0.25) is 10.0 Å². The third-order valence-electron chi connectivity index (χ3n) is 3.87. The van der Waals surface area contributed by atoms with Crippen LogP contribution in [0.3, 0.4) is 0 Å². The molecule has 0 radical (unpaired) electrons. The zero-order valence-corrected chi connectivity index (χ0v) is 14.5.